The molecule has 13 nitrogen and oxygen atoms in total. The monoisotopic (exact) mass is 1670 g/mol. The number of carbonyl (C=O) groups excluding carboxylic acids is 1. The number of pyridine rings is 2. The smallest absolute Gasteiger partial charge is 1.00 e. The van der Waals surface area contributed by atoms with Gasteiger partial charge < -0.3 is 40.4 Å². The molecule has 4 heterocycles. The Kier molecular flexibility index (Phi) is 31.4. The molecule has 0 saturated heterocycles. The zero-order valence-electron chi connectivity index (χ0n) is 66.5. The summed E-state index contributed by atoms with van der Waals surface area (Å²) in [5, 5.41) is 14.3. The zero-order chi connectivity index (χ0) is 78.7. The second kappa shape index (κ2) is 41.6. The summed E-state index contributed by atoms with van der Waals surface area (Å²) in [5.41, 5.74) is 23.6. The van der Waals surface area contributed by atoms with Crippen molar-refractivity contribution >= 4 is 113 Å². The molecule has 0 aliphatic rings. The average Bonchev–Trinajstić information content (AvgIpc) is 1.28. The van der Waals surface area contributed by atoms with Crippen molar-refractivity contribution in [2.24, 2.45) is 0 Å². The van der Waals surface area contributed by atoms with Gasteiger partial charge in [0.1, 0.15) is 11.0 Å². The van der Waals surface area contributed by atoms with Gasteiger partial charge in [0, 0.05) is 82.4 Å². The van der Waals surface area contributed by atoms with Gasteiger partial charge in [-0.2, -0.15) is 0 Å². The van der Waals surface area contributed by atoms with Crippen LogP contribution in [-0.2, 0) is 45.5 Å². The van der Waals surface area contributed by atoms with Gasteiger partial charge in [-0.3, -0.25) is 14.8 Å². The molecule has 16 aromatic rings. The number of nitrogens with one attached hydrogen (secondary N) is 1. The van der Waals surface area contributed by atoms with E-state index >= 15 is 0 Å². The molecule has 566 valence electrons. The van der Waals surface area contributed by atoms with E-state index < -0.39 is 0 Å². The Balaban J connectivity index is 0.000000211. The van der Waals surface area contributed by atoms with Gasteiger partial charge in [0.15, 0.2) is 11.2 Å². The quantitative estimate of drug-likeness (QED) is 0.0254. The van der Waals surface area contributed by atoms with Crippen molar-refractivity contribution in [2.45, 2.75) is 77.3 Å². The Hall–Kier alpha value is -9.16. The van der Waals surface area contributed by atoms with E-state index in [0.29, 0.717) is 41.5 Å². The summed E-state index contributed by atoms with van der Waals surface area (Å²) >= 11 is 18.4. The van der Waals surface area contributed by atoms with E-state index in [1.165, 1.54) is 33.4 Å². The third-order valence-electron chi connectivity index (χ3n) is 19.0. The first-order valence-corrected chi connectivity index (χ1v) is 39.0. The second-order valence-electron chi connectivity index (χ2n) is 29.0. The van der Waals surface area contributed by atoms with Crippen LogP contribution in [0.25, 0.3) is 67.6 Å². The van der Waals surface area contributed by atoms with Crippen molar-refractivity contribution in [3.05, 3.63) is 383 Å². The Morgan fingerprint density at radius 1 is 0.417 bits per heavy atom. The molecule has 4 aromatic heterocycles. The summed E-state index contributed by atoms with van der Waals surface area (Å²) < 4.78 is 12.1. The van der Waals surface area contributed by atoms with Crippen LogP contribution in [0.1, 0.15) is 76.3 Å². The fraction of sp³-hybridized carbons (Fsp3) is 0.124. The molecule has 0 bridgehead atoms. The molecule has 0 atom stereocenters. The van der Waals surface area contributed by atoms with Gasteiger partial charge >= 0.3 is 103 Å². The molecule has 0 aliphatic heterocycles. The number of hydrogen-bond donors (Lipinski definition) is 1. The molecule has 0 saturated carbocycles. The fourth-order valence-electron chi connectivity index (χ4n) is 12.9. The molecule has 0 aliphatic carbocycles. The van der Waals surface area contributed by atoms with Crippen molar-refractivity contribution in [1.29, 1.82) is 0 Å². The third-order valence-corrected chi connectivity index (χ3v) is 20.4. The summed E-state index contributed by atoms with van der Waals surface area (Å²) in [7, 11) is 0. The van der Waals surface area contributed by atoms with Crippen LogP contribution >= 0.6 is 39.1 Å². The van der Waals surface area contributed by atoms with Gasteiger partial charge in [-0.1, -0.05) is 263 Å². The van der Waals surface area contributed by atoms with Gasteiger partial charge in [-0.25, -0.2) is 9.97 Å². The van der Waals surface area contributed by atoms with Crippen molar-refractivity contribution in [3.8, 4) is 45.4 Å². The summed E-state index contributed by atoms with van der Waals surface area (Å²) in [6.07, 6.45) is 3.65. The van der Waals surface area contributed by atoms with E-state index in [4.69, 9.17) is 47.1 Å². The van der Waals surface area contributed by atoms with Crippen LogP contribution in [0.2, 0.25) is 10.0 Å². The maximum absolute atomic E-state index is 8.64. The van der Waals surface area contributed by atoms with E-state index in [1.807, 2.05) is 146 Å². The molecule has 0 amide bonds. The molecule has 1 N–H and O–H groups in total. The number of alkyl halides is 1. The first-order chi connectivity index (χ1) is 55.0. The summed E-state index contributed by atoms with van der Waals surface area (Å²) in [4.78, 5) is 36.7. The van der Waals surface area contributed by atoms with Crippen LogP contribution in [0.15, 0.2) is 349 Å². The van der Waals surface area contributed by atoms with Crippen molar-refractivity contribution < 1.29 is 128 Å². The minimum absolute atomic E-state index is 0. The van der Waals surface area contributed by atoms with Gasteiger partial charge in [0.2, 0.25) is 11.8 Å². The Morgan fingerprint density at radius 2 is 0.739 bits per heavy atom. The number of benzene rings is 12. The number of hydrogen-bond acceptors (Lipinski definition) is 13. The van der Waals surface area contributed by atoms with E-state index in [9.17, 15) is 0 Å². The fourth-order valence-corrected chi connectivity index (χ4v) is 13.8. The predicted molar refractivity (Wildman–Crippen MR) is 466 cm³/mol. The average molecular weight is 1670 g/mol. The van der Waals surface area contributed by atoms with Crippen LogP contribution in [0, 0.1) is 0 Å². The van der Waals surface area contributed by atoms with Crippen molar-refractivity contribution in [3.63, 3.8) is 0 Å². The summed E-state index contributed by atoms with van der Waals surface area (Å²) in [5.74, 6) is 1.19. The molecular formula is C97H85BrCl2K2N8O5. The first kappa shape index (κ1) is 86.7. The molecular weight excluding hydrogens is 1590 g/mol. The van der Waals surface area contributed by atoms with Crippen LogP contribution < -0.4 is 128 Å². The van der Waals surface area contributed by atoms with E-state index in [1.54, 1.807) is 0 Å². The van der Waals surface area contributed by atoms with Gasteiger partial charge in [0.25, 0.3) is 6.47 Å². The minimum atomic E-state index is -0.181. The van der Waals surface area contributed by atoms with Crippen molar-refractivity contribution in [2.75, 3.05) is 20.0 Å². The number of fused-ring (bicyclic) bond motifs is 2. The van der Waals surface area contributed by atoms with Crippen LogP contribution in [0.4, 0.5) is 45.5 Å². The molecule has 16 rings (SSSR count). The SMILES string of the molecule is BrCc1ccccc1.CC(C)(C)c1cc(N(Cc2ccccc2)c2ccc(-c3ccccn3)cc2)c(Cl)c(N(Cc2ccccc2)c2ccc(-c3nc4ccccc4o3)cc2)c1.CC(C)(C)c1cc(Nc2ccc(-c3nc4ccccc4o3)cc2)c(Cl)c(N(Cc2ccccc2)c2ccc(-c3ccccn3)cc2)c1.O=CO[O-].[H-].[K+].[K+]. The van der Waals surface area contributed by atoms with Crippen LogP contribution in [0.5, 0.6) is 0 Å². The molecule has 0 spiro atoms. The standard InChI is InChI=1S/C48H41ClN4O.C41H35ClN4O.C7H7Br.CH2O3.2K.H/c1-48(2,3)38-30-43(52(32-34-14-6-4-7-15-34)39-25-21-36(22-26-39)41-18-12-13-29-50-41)46(49)44(31-38)53(33-35-16-8-5-9-17-35)40-27-23-37(24-28-40)47-51-42-19-10-11-20-45(42)54-47;1-41(2,3)31-25-36(44-32-20-16-30(17-21-32)40-45-35-14-7-8-15-38(35)47-40)39(42)37(26-31)46(27-28-11-5-4-6-12-28)33-22-18-29(19-23-33)34-13-9-10-24-43-34;8-6-7-4-2-1-3-5-7;2-1-4-3;;;/h4-31H,32-33H2,1-3H3;4-26,44H,27H2,1-3H3;1-5H,6H2;1,3H;;;/q;;;;2*+1;-1/p-1. The first-order valence-electron chi connectivity index (χ1n) is 37.1. The number of nitrogens with zero attached hydrogens (tertiary/aromatic N) is 7. The van der Waals surface area contributed by atoms with E-state index in [-0.39, 0.29) is 121 Å². The van der Waals surface area contributed by atoms with Gasteiger partial charge in [-0.05, 0) is 190 Å². The van der Waals surface area contributed by atoms with Crippen molar-refractivity contribution in [1.82, 2.24) is 19.9 Å². The number of para-hydroxylation sites is 4. The van der Waals surface area contributed by atoms with E-state index in [2.05, 4.69) is 291 Å². The molecule has 18 heteroatoms. The Morgan fingerprint density at radius 3 is 1.07 bits per heavy atom. The zero-order valence-corrected chi connectivity index (χ0v) is 74.9. The number of carbonyl (C=O) groups is 1. The van der Waals surface area contributed by atoms with Crippen LogP contribution in [0.3, 0.4) is 0 Å². The molecule has 115 heavy (non-hydrogen) atoms. The topological polar surface area (TPSA) is 149 Å². The maximum atomic E-state index is 8.64. The number of halogens is 3. The summed E-state index contributed by atoms with van der Waals surface area (Å²) in [6, 6.07) is 112. The molecule has 0 unspecified atom stereocenters. The maximum Gasteiger partial charge on any atom is 1.00 e. The number of oxazole rings is 2. The minimum Gasteiger partial charge on any atom is -1.00 e. The number of aromatic nitrogens is 4. The molecule has 0 radical (unpaired) electrons. The second-order valence-corrected chi connectivity index (χ2v) is 30.3. The van der Waals surface area contributed by atoms with Gasteiger partial charge in [-0.15, -0.1) is 0 Å². The van der Waals surface area contributed by atoms with Gasteiger partial charge in [0.05, 0.1) is 44.2 Å². The number of rotatable bonds is 20. The Bertz CT molecular complexity index is 5680. The largest absolute Gasteiger partial charge is 1.00 e. The Labute approximate surface area is 777 Å². The molecule has 0 fully saturated rings. The predicted octanol–water partition coefficient (Wildman–Crippen LogP) is 19.9. The third kappa shape index (κ3) is 22.9. The van der Waals surface area contributed by atoms with E-state index in [0.717, 1.165) is 107 Å². The van der Waals surface area contributed by atoms with Crippen LogP contribution in [-0.4, -0.2) is 26.4 Å². The number of anilines is 8. The molecule has 12 aromatic carbocycles. The normalized spacial score (nSPS) is 10.9. The summed E-state index contributed by atoms with van der Waals surface area (Å²) in [6.45, 7) is 15.2.